The van der Waals surface area contributed by atoms with E-state index in [0.29, 0.717) is 6.42 Å². The number of aliphatic hydroxyl groups is 2. The Morgan fingerprint density at radius 2 is 0.907 bits per heavy atom. The van der Waals surface area contributed by atoms with Crippen LogP contribution in [0.2, 0.25) is 0 Å². The van der Waals surface area contributed by atoms with E-state index >= 15 is 0 Å². The average Bonchev–Trinajstić information content (AvgIpc) is 3.01. The first-order valence-corrected chi connectivity index (χ1v) is 18.4. The van der Waals surface area contributed by atoms with Gasteiger partial charge in [-0.25, -0.2) is 0 Å². The molecule has 43 heavy (non-hydrogen) atoms. The van der Waals surface area contributed by atoms with Crippen LogP contribution in [0.1, 0.15) is 174 Å². The fourth-order valence-corrected chi connectivity index (χ4v) is 5.14. The molecule has 0 aliphatic rings. The van der Waals surface area contributed by atoms with Gasteiger partial charge in [0.15, 0.2) is 0 Å². The molecule has 0 bridgehead atoms. The molecule has 0 aliphatic heterocycles. The van der Waals surface area contributed by atoms with Crippen LogP contribution in [0.15, 0.2) is 48.6 Å². The summed E-state index contributed by atoms with van der Waals surface area (Å²) in [5.41, 5.74) is 0. The van der Waals surface area contributed by atoms with Crippen LogP contribution in [0.5, 0.6) is 0 Å². The van der Waals surface area contributed by atoms with E-state index in [9.17, 15) is 15.0 Å². The molecule has 0 rings (SSSR count). The highest BCUT2D eigenvalue weighted by Crippen LogP contribution is 2.11. The van der Waals surface area contributed by atoms with Crippen molar-refractivity contribution >= 4 is 5.91 Å². The summed E-state index contributed by atoms with van der Waals surface area (Å²) in [5.74, 6) is -0.0973. The number of amides is 1. The van der Waals surface area contributed by atoms with Gasteiger partial charge in [-0.05, 0) is 70.6 Å². The molecule has 0 saturated heterocycles. The second-order valence-electron chi connectivity index (χ2n) is 12.3. The van der Waals surface area contributed by atoms with Crippen molar-refractivity contribution in [1.82, 2.24) is 5.32 Å². The van der Waals surface area contributed by atoms with Crippen molar-refractivity contribution in [3.05, 3.63) is 48.6 Å². The van der Waals surface area contributed by atoms with Crippen molar-refractivity contribution < 1.29 is 15.0 Å². The molecule has 0 aromatic carbocycles. The normalized spacial score (nSPS) is 13.7. The summed E-state index contributed by atoms with van der Waals surface area (Å²) in [4.78, 5) is 12.3. The van der Waals surface area contributed by atoms with Crippen molar-refractivity contribution in [3.63, 3.8) is 0 Å². The van der Waals surface area contributed by atoms with E-state index < -0.39 is 12.1 Å². The van der Waals surface area contributed by atoms with Crippen LogP contribution < -0.4 is 5.32 Å². The van der Waals surface area contributed by atoms with Gasteiger partial charge in [-0.1, -0.05) is 146 Å². The maximum absolute atomic E-state index is 12.3. The second-order valence-corrected chi connectivity index (χ2v) is 12.3. The largest absolute Gasteiger partial charge is 0.394 e. The number of unbranched alkanes of at least 4 members (excludes halogenated alkanes) is 19. The van der Waals surface area contributed by atoms with E-state index in [0.717, 1.165) is 51.4 Å². The third-order valence-corrected chi connectivity index (χ3v) is 8.01. The van der Waals surface area contributed by atoms with Gasteiger partial charge in [-0.3, -0.25) is 4.79 Å². The first kappa shape index (κ1) is 41.4. The van der Waals surface area contributed by atoms with E-state index in [1.807, 2.05) is 6.08 Å². The number of hydrogen-bond acceptors (Lipinski definition) is 3. The molecule has 4 nitrogen and oxygen atoms in total. The Bertz CT molecular complexity index is 697. The van der Waals surface area contributed by atoms with Crippen LogP contribution in [0, 0.1) is 0 Å². The zero-order valence-electron chi connectivity index (χ0n) is 28.5. The first-order valence-electron chi connectivity index (χ1n) is 18.4. The Balaban J connectivity index is 3.75. The van der Waals surface area contributed by atoms with E-state index in [-0.39, 0.29) is 12.5 Å². The monoisotopic (exact) mass is 602 g/mol. The lowest BCUT2D eigenvalue weighted by Gasteiger charge is -2.19. The maximum atomic E-state index is 12.3. The Labute approximate surface area is 267 Å². The Morgan fingerprint density at radius 1 is 0.535 bits per heavy atom. The van der Waals surface area contributed by atoms with Gasteiger partial charge in [0.05, 0.1) is 18.8 Å². The number of nitrogens with one attached hydrogen (secondary N) is 1. The van der Waals surface area contributed by atoms with Gasteiger partial charge < -0.3 is 15.5 Å². The van der Waals surface area contributed by atoms with Gasteiger partial charge in [0.25, 0.3) is 0 Å². The van der Waals surface area contributed by atoms with E-state index in [4.69, 9.17) is 0 Å². The number of rotatable bonds is 32. The van der Waals surface area contributed by atoms with Crippen LogP contribution in [0.25, 0.3) is 0 Å². The van der Waals surface area contributed by atoms with Crippen LogP contribution in [-0.2, 0) is 4.79 Å². The molecule has 0 fully saturated rings. The molecule has 2 unspecified atom stereocenters. The maximum Gasteiger partial charge on any atom is 0.220 e. The molecule has 0 aromatic heterocycles. The highest BCUT2D eigenvalue weighted by atomic mass is 16.3. The molecule has 0 aliphatic carbocycles. The number of carbonyl (C=O) groups excluding carboxylic acids is 1. The highest BCUT2D eigenvalue weighted by Gasteiger charge is 2.17. The number of aliphatic hydroxyl groups excluding tert-OH is 2. The van der Waals surface area contributed by atoms with Gasteiger partial charge in [0, 0.05) is 6.42 Å². The molecule has 4 heteroatoms. The summed E-state index contributed by atoms with van der Waals surface area (Å²) in [6, 6.07) is -0.651. The topological polar surface area (TPSA) is 69.6 Å². The molecule has 2 atom stereocenters. The first-order chi connectivity index (χ1) is 21.2. The molecule has 0 spiro atoms. The molecule has 0 heterocycles. The second kappa shape index (κ2) is 34.8. The summed E-state index contributed by atoms with van der Waals surface area (Å²) in [6.45, 7) is 4.25. The van der Waals surface area contributed by atoms with Crippen molar-refractivity contribution in [1.29, 1.82) is 0 Å². The zero-order chi connectivity index (χ0) is 31.5. The molecule has 3 N–H and O–H groups in total. The minimum atomic E-state index is -0.874. The molecule has 1 amide bonds. The number of hydrogen-bond donors (Lipinski definition) is 3. The molecule has 0 aromatic rings. The third-order valence-electron chi connectivity index (χ3n) is 8.01. The molecule has 250 valence electrons. The minimum Gasteiger partial charge on any atom is -0.394 e. The third kappa shape index (κ3) is 31.6. The van der Waals surface area contributed by atoms with Crippen molar-refractivity contribution in [3.8, 4) is 0 Å². The zero-order valence-corrected chi connectivity index (χ0v) is 28.5. The lowest BCUT2D eigenvalue weighted by molar-refractivity contribution is -0.123. The summed E-state index contributed by atoms with van der Waals surface area (Å²) >= 11 is 0. The summed E-state index contributed by atoms with van der Waals surface area (Å²) < 4.78 is 0. The lowest BCUT2D eigenvalue weighted by Crippen LogP contribution is -2.45. The predicted molar refractivity (Wildman–Crippen MR) is 188 cm³/mol. The van der Waals surface area contributed by atoms with Crippen molar-refractivity contribution in [2.24, 2.45) is 0 Å². The van der Waals surface area contributed by atoms with Gasteiger partial charge in [0.2, 0.25) is 5.91 Å². The standard InChI is InChI=1S/C39H71NO3/c1-3-5-7-9-11-13-15-17-18-19-20-21-23-24-26-28-30-32-34-38(42)37(36-41)40-39(43)35-33-31-29-27-25-22-16-14-12-10-8-6-4-2/h19-20,22,24-26,32,34,37-38,41-42H,3-18,21,23,27-31,33,35-36H2,1-2H3,(H,40,43)/b20-19+,25-22-,26-24+,34-32+. The Hall–Kier alpha value is -1.65. The quantitative estimate of drug-likeness (QED) is 0.0530. The number of carbonyl (C=O) groups is 1. The van der Waals surface area contributed by atoms with Crippen LogP contribution in [0.4, 0.5) is 0 Å². The smallest absolute Gasteiger partial charge is 0.220 e. The lowest BCUT2D eigenvalue weighted by atomic mass is 10.1. The predicted octanol–water partition coefficient (Wildman–Crippen LogP) is 10.8. The fourth-order valence-electron chi connectivity index (χ4n) is 5.14. The summed E-state index contributed by atoms with van der Waals surface area (Å²) in [7, 11) is 0. The van der Waals surface area contributed by atoms with Crippen LogP contribution in [0.3, 0.4) is 0 Å². The molecule has 0 radical (unpaired) electrons. The highest BCUT2D eigenvalue weighted by molar-refractivity contribution is 5.76. The van der Waals surface area contributed by atoms with Crippen LogP contribution in [-0.4, -0.2) is 34.9 Å². The molecular weight excluding hydrogens is 530 g/mol. The SMILES string of the molecule is CCCCCCCC/C=C\CCCCCC(=O)NC(CO)C(O)/C=C/CC/C=C/CC/C=C/CCCCCCCCCC. The summed E-state index contributed by atoms with van der Waals surface area (Å²) in [5, 5.41) is 22.8. The van der Waals surface area contributed by atoms with Gasteiger partial charge in [0.1, 0.15) is 0 Å². The van der Waals surface area contributed by atoms with Gasteiger partial charge in [-0.15, -0.1) is 0 Å². The molecular formula is C39H71NO3. The van der Waals surface area contributed by atoms with E-state index in [1.54, 1.807) is 6.08 Å². The van der Waals surface area contributed by atoms with Gasteiger partial charge in [-0.2, -0.15) is 0 Å². The van der Waals surface area contributed by atoms with Crippen molar-refractivity contribution in [2.45, 2.75) is 187 Å². The Morgan fingerprint density at radius 3 is 1.35 bits per heavy atom. The van der Waals surface area contributed by atoms with Crippen LogP contribution >= 0.6 is 0 Å². The van der Waals surface area contributed by atoms with E-state index in [1.165, 1.54) is 103 Å². The molecule has 0 saturated carbocycles. The van der Waals surface area contributed by atoms with Gasteiger partial charge >= 0.3 is 0 Å². The average molecular weight is 602 g/mol. The summed E-state index contributed by atoms with van der Waals surface area (Å²) in [6.07, 6.45) is 46.2. The van der Waals surface area contributed by atoms with E-state index in [2.05, 4.69) is 55.6 Å². The van der Waals surface area contributed by atoms with Crippen molar-refractivity contribution in [2.75, 3.05) is 6.61 Å². The minimum absolute atomic E-state index is 0.0973. The number of allylic oxidation sites excluding steroid dienone is 7. The fraction of sp³-hybridized carbons (Fsp3) is 0.769. The Kier molecular flexibility index (Phi) is 33.5.